The van der Waals surface area contributed by atoms with E-state index in [1.54, 1.807) is 24.3 Å². The van der Waals surface area contributed by atoms with Crippen molar-refractivity contribution in [2.75, 3.05) is 4.90 Å². The minimum Gasteiger partial charge on any atom is -0.508 e. The summed E-state index contributed by atoms with van der Waals surface area (Å²) in [6, 6.07) is 16.2. The Balaban J connectivity index is 1.88. The fourth-order valence-corrected chi connectivity index (χ4v) is 3.85. The van der Waals surface area contributed by atoms with Crippen molar-refractivity contribution in [2.24, 2.45) is 0 Å². The summed E-state index contributed by atoms with van der Waals surface area (Å²) < 4.78 is 33.7. The Hall–Kier alpha value is -3.49. The minimum absolute atomic E-state index is 0.0430. The highest BCUT2D eigenvalue weighted by Gasteiger charge is 2.38. The molecule has 0 bridgehead atoms. The molecule has 0 unspecified atom stereocenters. The molecule has 0 radical (unpaired) electrons. The van der Waals surface area contributed by atoms with Gasteiger partial charge in [0.25, 0.3) is 21.9 Å². The summed E-state index contributed by atoms with van der Waals surface area (Å²) in [5.41, 5.74) is 1.11. The second kappa shape index (κ2) is 6.29. The minimum atomic E-state index is -4.74. The highest BCUT2D eigenvalue weighted by molar-refractivity contribution is 7.86. The molecule has 1 aliphatic rings. The second-order valence-corrected chi connectivity index (χ2v) is 7.59. The summed E-state index contributed by atoms with van der Waals surface area (Å²) in [4.78, 5) is 25.5. The van der Waals surface area contributed by atoms with Crippen LogP contribution in [0, 0.1) is 0 Å². The lowest BCUT2D eigenvalue weighted by atomic mass is 10.0. The van der Waals surface area contributed by atoms with E-state index in [4.69, 9.17) is 0 Å². The number of carbonyl (C=O) groups is 2. The summed E-state index contributed by atoms with van der Waals surface area (Å²) in [6.45, 7) is 0. The zero-order chi connectivity index (χ0) is 20.1. The van der Waals surface area contributed by atoms with E-state index in [0.29, 0.717) is 11.1 Å². The number of phenolic OH excluding ortho intramolecular Hbond substituents is 1. The highest BCUT2D eigenvalue weighted by atomic mass is 32.2. The predicted molar refractivity (Wildman–Crippen MR) is 101 cm³/mol. The van der Waals surface area contributed by atoms with Gasteiger partial charge in [-0.1, -0.05) is 30.3 Å². The van der Waals surface area contributed by atoms with Gasteiger partial charge in [0.15, 0.2) is 0 Å². The molecule has 2 N–H and O–H groups in total. The van der Waals surface area contributed by atoms with Gasteiger partial charge in [-0.15, -0.1) is 0 Å². The van der Waals surface area contributed by atoms with Crippen LogP contribution in [0.15, 0.2) is 71.6 Å². The first kappa shape index (κ1) is 17.9. The zero-order valence-electron chi connectivity index (χ0n) is 14.2. The Morgan fingerprint density at radius 2 is 1.29 bits per heavy atom. The maximum absolute atomic E-state index is 12.7. The van der Waals surface area contributed by atoms with Crippen molar-refractivity contribution in [1.82, 2.24) is 0 Å². The maximum Gasteiger partial charge on any atom is 0.296 e. The molecule has 3 aromatic carbocycles. The molecule has 4 rings (SSSR count). The van der Waals surface area contributed by atoms with Gasteiger partial charge in [0, 0.05) is 0 Å². The summed E-state index contributed by atoms with van der Waals surface area (Å²) in [7, 11) is -4.74. The average molecular weight is 395 g/mol. The largest absolute Gasteiger partial charge is 0.508 e. The first-order valence-corrected chi connectivity index (χ1v) is 9.60. The molecule has 1 aliphatic heterocycles. The molecule has 2 amide bonds. The van der Waals surface area contributed by atoms with E-state index in [0.717, 1.165) is 4.90 Å². The van der Waals surface area contributed by atoms with Gasteiger partial charge < -0.3 is 5.11 Å². The Kier molecular flexibility index (Phi) is 4.02. The van der Waals surface area contributed by atoms with Crippen molar-refractivity contribution >= 4 is 27.6 Å². The van der Waals surface area contributed by atoms with Crippen molar-refractivity contribution < 1.29 is 27.7 Å². The van der Waals surface area contributed by atoms with Crippen LogP contribution in [0.25, 0.3) is 11.1 Å². The van der Waals surface area contributed by atoms with E-state index >= 15 is 0 Å². The number of aromatic hydroxyl groups is 1. The van der Waals surface area contributed by atoms with Gasteiger partial charge >= 0.3 is 0 Å². The smallest absolute Gasteiger partial charge is 0.296 e. The quantitative estimate of drug-likeness (QED) is 0.521. The Bertz CT molecular complexity index is 1200. The number of fused-ring (bicyclic) bond motifs is 1. The first-order chi connectivity index (χ1) is 13.3. The van der Waals surface area contributed by atoms with Gasteiger partial charge in [0.05, 0.1) is 16.8 Å². The van der Waals surface area contributed by atoms with Gasteiger partial charge in [-0.05, 0) is 47.5 Å². The molecule has 3 aromatic rings. The van der Waals surface area contributed by atoms with E-state index in [-0.39, 0.29) is 22.6 Å². The third-order valence-corrected chi connectivity index (χ3v) is 5.36. The second-order valence-electron chi connectivity index (χ2n) is 6.20. The van der Waals surface area contributed by atoms with Crippen LogP contribution in [-0.2, 0) is 10.1 Å². The lowest BCUT2D eigenvalue weighted by Gasteiger charge is -2.18. The van der Waals surface area contributed by atoms with E-state index in [1.807, 2.05) is 0 Å². The molecular weight excluding hydrogens is 382 g/mol. The molecule has 0 fully saturated rings. The Morgan fingerprint density at radius 3 is 1.82 bits per heavy atom. The lowest BCUT2D eigenvalue weighted by Crippen LogP contribution is -2.30. The molecule has 0 spiro atoms. The molecule has 8 heteroatoms. The van der Waals surface area contributed by atoms with Crippen molar-refractivity contribution in [2.45, 2.75) is 4.90 Å². The highest BCUT2D eigenvalue weighted by Crippen LogP contribution is 2.35. The van der Waals surface area contributed by atoms with Crippen LogP contribution in [0.3, 0.4) is 0 Å². The predicted octanol–water partition coefficient (Wildman–Crippen LogP) is 3.11. The molecule has 28 heavy (non-hydrogen) atoms. The van der Waals surface area contributed by atoms with Crippen LogP contribution >= 0.6 is 0 Å². The van der Waals surface area contributed by atoms with Gasteiger partial charge in [0.1, 0.15) is 10.6 Å². The van der Waals surface area contributed by atoms with Crippen LogP contribution < -0.4 is 4.90 Å². The maximum atomic E-state index is 12.7. The number of hydrogen-bond donors (Lipinski definition) is 2. The van der Waals surface area contributed by atoms with Crippen LogP contribution in [0.1, 0.15) is 20.7 Å². The van der Waals surface area contributed by atoms with Crippen LogP contribution in [0.2, 0.25) is 0 Å². The summed E-state index contributed by atoms with van der Waals surface area (Å²) in [6.07, 6.45) is 0. The number of hydrogen-bond acceptors (Lipinski definition) is 5. The lowest BCUT2D eigenvalue weighted by molar-refractivity contribution is 0.0925. The standard InChI is InChI=1S/C20H13NO6S/c22-14-8-5-12(6-9-14)13-7-10-17(18(11-13)28(25,26)27)21-19(23)15-3-1-2-4-16(15)20(21)24/h1-11,22H,(H,25,26,27). The topological polar surface area (TPSA) is 112 Å². The van der Waals surface area contributed by atoms with Gasteiger partial charge in [0.2, 0.25) is 0 Å². The SMILES string of the molecule is O=C1c2ccccc2C(=O)N1c1ccc(-c2ccc(O)cc2)cc1S(=O)(=O)O. The summed E-state index contributed by atoms with van der Waals surface area (Å²) in [5.74, 6) is -1.29. The van der Waals surface area contributed by atoms with E-state index in [9.17, 15) is 27.7 Å². The van der Waals surface area contributed by atoms with Crippen molar-refractivity contribution in [3.8, 4) is 16.9 Å². The molecule has 140 valence electrons. The number of imide groups is 1. The normalized spacial score (nSPS) is 13.7. The van der Waals surface area contributed by atoms with Crippen LogP contribution in [-0.4, -0.2) is 29.9 Å². The van der Waals surface area contributed by atoms with Crippen LogP contribution in [0.5, 0.6) is 5.75 Å². The number of carbonyl (C=O) groups excluding carboxylic acids is 2. The van der Waals surface area contributed by atoms with Crippen molar-refractivity contribution in [1.29, 1.82) is 0 Å². The number of amides is 2. The van der Waals surface area contributed by atoms with Gasteiger partial charge in [-0.3, -0.25) is 14.1 Å². The average Bonchev–Trinajstić information content (AvgIpc) is 2.92. The van der Waals surface area contributed by atoms with E-state index in [2.05, 4.69) is 0 Å². The summed E-state index contributed by atoms with van der Waals surface area (Å²) >= 11 is 0. The Morgan fingerprint density at radius 1 is 0.750 bits per heavy atom. The Labute approximate surface area is 160 Å². The van der Waals surface area contributed by atoms with Crippen molar-refractivity contribution in [3.05, 3.63) is 77.9 Å². The van der Waals surface area contributed by atoms with E-state index < -0.39 is 26.8 Å². The third-order valence-electron chi connectivity index (χ3n) is 4.47. The molecule has 0 aromatic heterocycles. The molecule has 0 saturated heterocycles. The van der Waals surface area contributed by atoms with Crippen LogP contribution in [0.4, 0.5) is 5.69 Å². The molecule has 0 atom stereocenters. The van der Waals surface area contributed by atoms with Crippen molar-refractivity contribution in [3.63, 3.8) is 0 Å². The number of rotatable bonds is 3. The molecule has 0 aliphatic carbocycles. The molecule has 0 saturated carbocycles. The number of nitrogens with zero attached hydrogens (tertiary/aromatic N) is 1. The number of anilines is 1. The third kappa shape index (κ3) is 2.84. The zero-order valence-corrected chi connectivity index (χ0v) is 15.1. The van der Waals surface area contributed by atoms with Gasteiger partial charge in [-0.2, -0.15) is 8.42 Å². The van der Waals surface area contributed by atoms with E-state index in [1.165, 1.54) is 42.5 Å². The number of benzene rings is 3. The molecular formula is C20H13NO6S. The molecule has 7 nitrogen and oxygen atoms in total. The van der Waals surface area contributed by atoms with Gasteiger partial charge in [-0.25, -0.2) is 4.90 Å². The fourth-order valence-electron chi connectivity index (χ4n) is 3.15. The molecule has 1 heterocycles. The summed E-state index contributed by atoms with van der Waals surface area (Å²) in [5, 5.41) is 9.40. The fraction of sp³-hybridized carbons (Fsp3) is 0. The monoisotopic (exact) mass is 395 g/mol. The first-order valence-electron chi connectivity index (χ1n) is 8.16. The number of phenols is 1.